The van der Waals surface area contributed by atoms with E-state index in [1.807, 2.05) is 26.8 Å². The quantitative estimate of drug-likeness (QED) is 0.0943. The maximum Gasteiger partial charge on any atom is 0.416 e. The highest BCUT2D eigenvalue weighted by molar-refractivity contribution is 7.86. The molecule has 1 aliphatic heterocycles. The van der Waals surface area contributed by atoms with Crippen LogP contribution in [0, 0.1) is 11.7 Å². The summed E-state index contributed by atoms with van der Waals surface area (Å²) in [5.41, 5.74) is 2.76. The lowest BCUT2D eigenvalue weighted by molar-refractivity contribution is -0.137. The number of halogens is 5. The number of piperidine rings is 1. The van der Waals surface area contributed by atoms with Crippen LogP contribution in [0.2, 0.25) is 5.02 Å². The first-order valence-corrected chi connectivity index (χ1v) is 20.1. The number of carbonyl (C=O) groups excluding carboxylic acids is 1. The summed E-state index contributed by atoms with van der Waals surface area (Å²) in [7, 11) is -2.04. The number of nitrogens with one attached hydrogen (secondary N) is 2. The number of alkyl halides is 3. The average molecular weight is 831 g/mol. The standard InChI is InChI=1S/C39H39ClF4N6O4S2/c1-38(2,3)54-37(51)50-15-11-24(12-16-50)9-13-45-22-29-18-27(10-14-46-29)30-19-26(25-5-4-6-28(17-25)39(42,43)44)7-8-33(30)53-34-21-32(41)35(20-31(34)40)56(52)49-36-48-47-23-55-36/h4-8,10,14,17-21,23-24,45H,9,11-13,15-16,22H2,1-3H3,(H,48,49). The van der Waals surface area contributed by atoms with Crippen LogP contribution in [0.15, 0.2) is 83.3 Å². The van der Waals surface area contributed by atoms with E-state index in [4.69, 9.17) is 21.1 Å². The van der Waals surface area contributed by atoms with E-state index >= 15 is 4.39 Å². The third-order valence-electron chi connectivity index (χ3n) is 8.88. The molecule has 0 aliphatic carbocycles. The Balaban J connectivity index is 1.19. The molecule has 2 N–H and O–H groups in total. The van der Waals surface area contributed by atoms with Crippen LogP contribution in [0.1, 0.15) is 51.3 Å². The van der Waals surface area contributed by atoms with Gasteiger partial charge < -0.3 is 19.7 Å². The predicted octanol–water partition coefficient (Wildman–Crippen LogP) is 10.1. The van der Waals surface area contributed by atoms with E-state index in [2.05, 4.69) is 25.2 Å². The molecule has 3 heterocycles. The van der Waals surface area contributed by atoms with Gasteiger partial charge in [-0.2, -0.15) is 13.2 Å². The van der Waals surface area contributed by atoms with Gasteiger partial charge in [0.1, 0.15) is 28.4 Å². The van der Waals surface area contributed by atoms with Crippen molar-refractivity contribution in [1.82, 2.24) is 25.4 Å². The number of likely N-dealkylation sites (tertiary alicyclic amines) is 1. The molecule has 0 spiro atoms. The Morgan fingerprint density at radius 3 is 2.48 bits per heavy atom. The minimum atomic E-state index is -4.53. The fourth-order valence-electron chi connectivity index (χ4n) is 6.10. The van der Waals surface area contributed by atoms with Gasteiger partial charge in [-0.05, 0) is 112 Å². The number of ether oxygens (including phenoxy) is 2. The van der Waals surface area contributed by atoms with Gasteiger partial charge in [0.25, 0.3) is 0 Å². The lowest BCUT2D eigenvalue weighted by Crippen LogP contribution is -2.42. The second kappa shape index (κ2) is 17.7. The summed E-state index contributed by atoms with van der Waals surface area (Å²) in [6.45, 7) is 8.02. The van der Waals surface area contributed by atoms with Crippen molar-refractivity contribution in [3.05, 3.63) is 101 Å². The van der Waals surface area contributed by atoms with Crippen molar-refractivity contribution >= 4 is 45.1 Å². The van der Waals surface area contributed by atoms with Gasteiger partial charge in [0.15, 0.2) is 11.0 Å². The Labute approximate surface area is 333 Å². The first kappa shape index (κ1) is 41.0. The minimum Gasteiger partial charge on any atom is -0.455 e. The third kappa shape index (κ3) is 10.8. The molecule has 56 heavy (non-hydrogen) atoms. The van der Waals surface area contributed by atoms with Gasteiger partial charge in [0.05, 0.1) is 21.2 Å². The van der Waals surface area contributed by atoms with Gasteiger partial charge in [0.2, 0.25) is 5.13 Å². The first-order valence-electron chi connectivity index (χ1n) is 17.7. The number of aromatic nitrogens is 3. The summed E-state index contributed by atoms with van der Waals surface area (Å²) >= 11 is 7.62. The number of pyridine rings is 1. The molecule has 1 amide bonds. The van der Waals surface area contributed by atoms with E-state index in [0.717, 1.165) is 55.3 Å². The number of anilines is 1. The zero-order valence-electron chi connectivity index (χ0n) is 30.7. The molecule has 5 aromatic rings. The molecule has 1 unspecified atom stereocenters. The minimum absolute atomic E-state index is 0.0307. The third-order valence-corrected chi connectivity index (χ3v) is 11.0. The van der Waals surface area contributed by atoms with Crippen LogP contribution in [-0.2, 0) is 28.4 Å². The molecule has 6 rings (SSSR count). The first-order chi connectivity index (χ1) is 26.6. The Kier molecular flexibility index (Phi) is 12.9. The monoisotopic (exact) mass is 830 g/mol. The molecule has 17 heteroatoms. The van der Waals surface area contributed by atoms with Crippen molar-refractivity contribution in [2.75, 3.05) is 24.4 Å². The van der Waals surface area contributed by atoms with Crippen LogP contribution in [0.5, 0.6) is 11.5 Å². The Bertz CT molecular complexity index is 2180. The molecular weight excluding hydrogens is 792 g/mol. The molecule has 0 bridgehead atoms. The van der Waals surface area contributed by atoms with Crippen LogP contribution >= 0.6 is 22.9 Å². The molecule has 3 aromatic carbocycles. The molecular formula is C39H39ClF4N6O4S2. The molecule has 0 radical (unpaired) electrons. The van der Waals surface area contributed by atoms with Crippen LogP contribution in [-0.4, -0.2) is 55.6 Å². The van der Waals surface area contributed by atoms with E-state index in [-0.39, 0.29) is 32.6 Å². The number of hydrogen-bond acceptors (Lipinski definition) is 9. The summed E-state index contributed by atoms with van der Waals surface area (Å²) in [5.74, 6) is -0.226. The van der Waals surface area contributed by atoms with Crippen molar-refractivity contribution < 1.29 is 36.0 Å². The molecule has 10 nitrogen and oxygen atoms in total. The lowest BCUT2D eigenvalue weighted by Gasteiger charge is -2.33. The van der Waals surface area contributed by atoms with Gasteiger partial charge in [-0.3, -0.25) is 9.71 Å². The van der Waals surface area contributed by atoms with Gasteiger partial charge in [-0.15, -0.1) is 10.2 Å². The highest BCUT2D eigenvalue weighted by atomic mass is 35.5. The molecule has 1 atom stereocenters. The molecule has 1 fully saturated rings. The van der Waals surface area contributed by atoms with Crippen molar-refractivity contribution in [3.63, 3.8) is 0 Å². The summed E-state index contributed by atoms with van der Waals surface area (Å²) in [6.07, 6.45) is -0.503. The maximum atomic E-state index is 15.3. The van der Waals surface area contributed by atoms with Gasteiger partial charge >= 0.3 is 12.3 Å². The molecule has 1 saturated heterocycles. The largest absolute Gasteiger partial charge is 0.455 e. The zero-order valence-corrected chi connectivity index (χ0v) is 33.0. The Hall–Kier alpha value is -4.64. The molecule has 1 aliphatic rings. The highest BCUT2D eigenvalue weighted by Crippen LogP contribution is 2.41. The number of rotatable bonds is 12. The Morgan fingerprint density at radius 1 is 1.00 bits per heavy atom. The lowest BCUT2D eigenvalue weighted by atomic mass is 9.94. The summed E-state index contributed by atoms with van der Waals surface area (Å²) in [6, 6.07) is 15.7. The van der Waals surface area contributed by atoms with Crippen LogP contribution in [0.4, 0.5) is 27.5 Å². The van der Waals surface area contributed by atoms with Gasteiger partial charge in [-0.1, -0.05) is 41.1 Å². The zero-order chi connectivity index (χ0) is 40.0. The second-order valence-electron chi connectivity index (χ2n) is 14.1. The van der Waals surface area contributed by atoms with Gasteiger partial charge in [0, 0.05) is 37.5 Å². The number of carbonyl (C=O) groups is 1. The predicted molar refractivity (Wildman–Crippen MR) is 208 cm³/mol. The summed E-state index contributed by atoms with van der Waals surface area (Å²) < 4.78 is 83.3. The number of hydrogen-bond donors (Lipinski definition) is 2. The average Bonchev–Trinajstić information content (AvgIpc) is 3.67. The van der Waals surface area contributed by atoms with Crippen molar-refractivity contribution in [1.29, 1.82) is 0 Å². The van der Waals surface area contributed by atoms with E-state index in [0.29, 0.717) is 53.5 Å². The SMILES string of the molecule is CC(C)(C)OC(=O)N1CCC(CCNCc2cc(-c3cc(-c4cccc(C(F)(F)F)c4)ccc3Oc3cc(F)c(S(=O)Nc4nncs4)cc3Cl)ccn2)CC1. The molecule has 296 valence electrons. The highest BCUT2D eigenvalue weighted by Gasteiger charge is 2.31. The number of nitrogens with zero attached hydrogens (tertiary/aromatic N) is 4. The van der Waals surface area contributed by atoms with Crippen LogP contribution < -0.4 is 14.8 Å². The van der Waals surface area contributed by atoms with E-state index in [1.54, 1.807) is 41.4 Å². The van der Waals surface area contributed by atoms with Crippen molar-refractivity contribution in [2.45, 2.75) is 63.3 Å². The fourth-order valence-corrected chi connectivity index (χ4v) is 7.84. The van der Waals surface area contributed by atoms with Crippen LogP contribution in [0.3, 0.4) is 0 Å². The van der Waals surface area contributed by atoms with Crippen molar-refractivity contribution in [3.8, 4) is 33.8 Å². The van der Waals surface area contributed by atoms with Crippen molar-refractivity contribution in [2.24, 2.45) is 5.92 Å². The number of benzene rings is 3. The maximum absolute atomic E-state index is 15.3. The van der Waals surface area contributed by atoms with E-state index in [9.17, 15) is 22.2 Å². The molecule has 0 saturated carbocycles. The second-order valence-corrected chi connectivity index (χ2v) is 16.6. The van der Waals surface area contributed by atoms with Crippen LogP contribution in [0.25, 0.3) is 22.3 Å². The molecule has 2 aromatic heterocycles. The normalized spacial score (nSPS) is 14.4. The Morgan fingerprint density at radius 2 is 1.77 bits per heavy atom. The van der Waals surface area contributed by atoms with E-state index < -0.39 is 34.1 Å². The smallest absolute Gasteiger partial charge is 0.416 e. The van der Waals surface area contributed by atoms with E-state index in [1.165, 1.54) is 17.6 Å². The fraction of sp³-hybridized carbons (Fsp3) is 0.333. The summed E-state index contributed by atoms with van der Waals surface area (Å²) in [4.78, 5) is 18.5. The summed E-state index contributed by atoms with van der Waals surface area (Å²) in [5, 5.41) is 11.1. The topological polar surface area (TPSA) is 119 Å². The van der Waals surface area contributed by atoms with Gasteiger partial charge in [-0.25, -0.2) is 13.4 Å². The number of amides is 1.